The molecule has 63 heavy (non-hydrogen) atoms. The number of rotatable bonds is 6. The molecule has 11 aromatic rings. The van der Waals surface area contributed by atoms with Crippen LogP contribution in [0.1, 0.15) is 25.0 Å². The Morgan fingerprint density at radius 1 is 0.302 bits per heavy atom. The predicted molar refractivity (Wildman–Crippen MR) is 265 cm³/mol. The molecule has 1 aliphatic rings. The number of benzene rings is 10. The van der Waals surface area contributed by atoms with E-state index < -0.39 is 0 Å². The highest BCUT2D eigenvalue weighted by molar-refractivity contribution is 6.12. The zero-order chi connectivity index (χ0) is 42.1. The fourth-order valence-electron chi connectivity index (χ4n) is 10.3. The molecule has 0 N–H and O–H groups in total. The second-order valence-corrected chi connectivity index (χ2v) is 17.3. The van der Waals surface area contributed by atoms with Crippen LogP contribution in [0, 0.1) is 0 Å². The molecular formula is C61H42N2. The molecule has 0 atom stereocenters. The molecular weight excluding hydrogens is 761 g/mol. The van der Waals surface area contributed by atoms with Gasteiger partial charge >= 0.3 is 0 Å². The van der Waals surface area contributed by atoms with E-state index >= 15 is 0 Å². The molecule has 0 radical (unpaired) electrons. The summed E-state index contributed by atoms with van der Waals surface area (Å²) in [4.78, 5) is 10.7. The Morgan fingerprint density at radius 2 is 0.746 bits per heavy atom. The standard InChI is InChI=1S/C61H42N2/c1-61(2)56-37-42-23-10-9-22-41(42)36-55(56)53-31-17-30-52(59(53)61)50-33-32-48(44-25-12-13-26-45(44)50)49-34-35-54(47-28-15-14-27-46(47)49)60-62-57(40-20-7-4-8-21-40)38-58(63-60)51-29-16-11-24-43(51)39-18-5-3-6-19-39/h3-38H,1-2H3. The molecule has 12 rings (SSSR count). The van der Waals surface area contributed by atoms with Crippen LogP contribution in [0.25, 0.3) is 111 Å². The van der Waals surface area contributed by atoms with Crippen LogP contribution in [0.3, 0.4) is 0 Å². The van der Waals surface area contributed by atoms with E-state index in [0.717, 1.165) is 50.0 Å². The number of aromatic nitrogens is 2. The van der Waals surface area contributed by atoms with E-state index in [1.807, 2.05) is 6.07 Å². The van der Waals surface area contributed by atoms with Gasteiger partial charge in [0, 0.05) is 22.1 Å². The summed E-state index contributed by atoms with van der Waals surface area (Å²) >= 11 is 0. The average molecular weight is 803 g/mol. The molecule has 0 aliphatic heterocycles. The van der Waals surface area contributed by atoms with Crippen molar-refractivity contribution < 1.29 is 0 Å². The molecule has 1 aliphatic carbocycles. The van der Waals surface area contributed by atoms with Gasteiger partial charge in [0.15, 0.2) is 5.82 Å². The van der Waals surface area contributed by atoms with E-state index in [-0.39, 0.29) is 5.41 Å². The summed E-state index contributed by atoms with van der Waals surface area (Å²) in [7, 11) is 0. The summed E-state index contributed by atoms with van der Waals surface area (Å²) in [6, 6.07) is 79.0. The summed E-state index contributed by atoms with van der Waals surface area (Å²) in [5.41, 5.74) is 17.4. The van der Waals surface area contributed by atoms with Crippen LogP contribution < -0.4 is 0 Å². The Kier molecular flexibility index (Phi) is 8.55. The van der Waals surface area contributed by atoms with Gasteiger partial charge in [-0.15, -0.1) is 0 Å². The molecule has 0 amide bonds. The van der Waals surface area contributed by atoms with Gasteiger partial charge in [-0.1, -0.05) is 208 Å². The van der Waals surface area contributed by atoms with Crippen molar-refractivity contribution in [2.24, 2.45) is 0 Å². The molecule has 0 fully saturated rings. The Bertz CT molecular complexity index is 3580. The van der Waals surface area contributed by atoms with Crippen molar-refractivity contribution in [2.75, 3.05) is 0 Å². The van der Waals surface area contributed by atoms with E-state index in [1.165, 1.54) is 66.1 Å². The monoisotopic (exact) mass is 802 g/mol. The molecule has 0 spiro atoms. The van der Waals surface area contributed by atoms with E-state index in [4.69, 9.17) is 9.97 Å². The molecule has 2 nitrogen and oxygen atoms in total. The first-order valence-electron chi connectivity index (χ1n) is 21.8. The molecule has 0 bridgehead atoms. The fourth-order valence-corrected chi connectivity index (χ4v) is 10.3. The number of fused-ring (bicyclic) bond motifs is 6. The molecule has 1 heterocycles. The van der Waals surface area contributed by atoms with Crippen LogP contribution in [0.15, 0.2) is 218 Å². The number of hydrogen-bond acceptors (Lipinski definition) is 2. The lowest BCUT2D eigenvalue weighted by molar-refractivity contribution is 0.663. The lowest BCUT2D eigenvalue weighted by atomic mass is 9.77. The molecule has 0 saturated carbocycles. The van der Waals surface area contributed by atoms with E-state index in [0.29, 0.717) is 5.82 Å². The Balaban J connectivity index is 1.02. The summed E-state index contributed by atoms with van der Waals surface area (Å²) < 4.78 is 0. The minimum absolute atomic E-state index is 0.166. The fraction of sp³-hybridized carbons (Fsp3) is 0.0492. The smallest absolute Gasteiger partial charge is 0.161 e. The highest BCUT2D eigenvalue weighted by atomic mass is 14.9. The SMILES string of the molecule is CC1(C)c2cc3ccccc3cc2-c2cccc(-c3ccc(-c4ccc(-c5nc(-c6ccccc6)cc(-c6ccccc6-c6ccccc6)n5)c5ccccc45)c4ccccc34)c21. The molecule has 1 aromatic heterocycles. The Hall–Kier alpha value is -7.94. The first-order valence-corrected chi connectivity index (χ1v) is 21.8. The normalized spacial score (nSPS) is 12.7. The van der Waals surface area contributed by atoms with E-state index in [2.05, 4.69) is 226 Å². The first kappa shape index (κ1) is 36.9. The van der Waals surface area contributed by atoms with Gasteiger partial charge in [0.2, 0.25) is 0 Å². The third kappa shape index (κ3) is 6.02. The number of hydrogen-bond donors (Lipinski definition) is 0. The van der Waals surface area contributed by atoms with Crippen molar-refractivity contribution in [1.82, 2.24) is 9.97 Å². The van der Waals surface area contributed by atoms with Crippen LogP contribution >= 0.6 is 0 Å². The van der Waals surface area contributed by atoms with Crippen molar-refractivity contribution in [3.63, 3.8) is 0 Å². The highest BCUT2D eigenvalue weighted by Crippen LogP contribution is 2.54. The first-order chi connectivity index (χ1) is 31.0. The van der Waals surface area contributed by atoms with Crippen LogP contribution in [0.2, 0.25) is 0 Å². The van der Waals surface area contributed by atoms with Gasteiger partial charge in [0.25, 0.3) is 0 Å². The van der Waals surface area contributed by atoms with Gasteiger partial charge < -0.3 is 0 Å². The third-order valence-corrected chi connectivity index (χ3v) is 13.3. The van der Waals surface area contributed by atoms with Crippen LogP contribution in [-0.4, -0.2) is 9.97 Å². The Morgan fingerprint density at radius 3 is 1.38 bits per heavy atom. The van der Waals surface area contributed by atoms with Gasteiger partial charge in [0.1, 0.15) is 0 Å². The zero-order valence-corrected chi connectivity index (χ0v) is 35.2. The van der Waals surface area contributed by atoms with Crippen LogP contribution in [0.4, 0.5) is 0 Å². The minimum Gasteiger partial charge on any atom is -0.228 e. The van der Waals surface area contributed by atoms with Crippen LogP contribution in [0.5, 0.6) is 0 Å². The summed E-state index contributed by atoms with van der Waals surface area (Å²) in [6.45, 7) is 4.79. The topological polar surface area (TPSA) is 25.8 Å². The Labute approximate surface area is 367 Å². The maximum atomic E-state index is 5.39. The second-order valence-electron chi connectivity index (χ2n) is 17.3. The maximum Gasteiger partial charge on any atom is 0.161 e. The van der Waals surface area contributed by atoms with Gasteiger partial charge in [-0.2, -0.15) is 0 Å². The van der Waals surface area contributed by atoms with Crippen molar-refractivity contribution in [3.05, 3.63) is 230 Å². The van der Waals surface area contributed by atoms with Gasteiger partial charge in [-0.25, -0.2) is 9.97 Å². The molecule has 296 valence electrons. The largest absolute Gasteiger partial charge is 0.228 e. The van der Waals surface area contributed by atoms with E-state index in [1.54, 1.807) is 0 Å². The van der Waals surface area contributed by atoms with Crippen molar-refractivity contribution in [1.29, 1.82) is 0 Å². The predicted octanol–water partition coefficient (Wildman–Crippen LogP) is 16.2. The molecule has 0 unspecified atom stereocenters. The zero-order valence-electron chi connectivity index (χ0n) is 35.2. The lowest BCUT2D eigenvalue weighted by Crippen LogP contribution is -2.16. The van der Waals surface area contributed by atoms with Crippen LogP contribution in [-0.2, 0) is 5.41 Å². The van der Waals surface area contributed by atoms with Crippen molar-refractivity contribution >= 4 is 32.3 Å². The third-order valence-electron chi connectivity index (χ3n) is 13.3. The van der Waals surface area contributed by atoms with Crippen molar-refractivity contribution in [2.45, 2.75) is 19.3 Å². The van der Waals surface area contributed by atoms with Gasteiger partial charge in [-0.3, -0.25) is 0 Å². The maximum absolute atomic E-state index is 5.39. The molecule has 10 aromatic carbocycles. The average Bonchev–Trinajstić information content (AvgIpc) is 3.57. The van der Waals surface area contributed by atoms with Crippen molar-refractivity contribution in [3.8, 4) is 78.4 Å². The molecule has 2 heteroatoms. The second kappa shape index (κ2) is 14.6. The summed E-state index contributed by atoms with van der Waals surface area (Å²) in [5.74, 6) is 0.701. The van der Waals surface area contributed by atoms with Gasteiger partial charge in [-0.05, 0) is 112 Å². The lowest BCUT2D eigenvalue weighted by Gasteiger charge is -2.25. The minimum atomic E-state index is -0.166. The van der Waals surface area contributed by atoms with E-state index in [9.17, 15) is 0 Å². The summed E-state index contributed by atoms with van der Waals surface area (Å²) in [6.07, 6.45) is 0. The highest BCUT2D eigenvalue weighted by Gasteiger charge is 2.38. The number of nitrogens with zero attached hydrogens (tertiary/aromatic N) is 2. The summed E-state index contributed by atoms with van der Waals surface area (Å²) in [5, 5.41) is 7.32. The molecule has 0 saturated heterocycles. The quantitative estimate of drug-likeness (QED) is 0.167. The van der Waals surface area contributed by atoms with Gasteiger partial charge in [0.05, 0.1) is 11.4 Å².